The molecule has 0 aliphatic heterocycles. The van der Waals surface area contributed by atoms with E-state index in [4.69, 9.17) is 15.4 Å². The first kappa shape index (κ1) is 16.8. The van der Waals surface area contributed by atoms with Gasteiger partial charge >= 0.3 is 5.97 Å². The smallest absolute Gasteiger partial charge is 0.338 e. The van der Waals surface area contributed by atoms with Crippen LogP contribution in [-0.4, -0.2) is 20.5 Å². The van der Waals surface area contributed by atoms with Crippen LogP contribution in [-0.2, 0) is 13.8 Å². The van der Waals surface area contributed by atoms with Crippen molar-refractivity contribution < 1.29 is 17.9 Å². The van der Waals surface area contributed by atoms with Crippen molar-refractivity contribution in [1.29, 1.82) is 0 Å². The maximum absolute atomic E-state index is 12.2. The van der Waals surface area contributed by atoms with Crippen molar-refractivity contribution in [3.05, 3.63) is 28.2 Å². The van der Waals surface area contributed by atoms with E-state index in [2.05, 4.69) is 15.9 Å². The normalized spacial score (nSPS) is 17.2. The van der Waals surface area contributed by atoms with Crippen LogP contribution in [0.4, 0.5) is 0 Å². The second-order valence-corrected chi connectivity index (χ2v) is 8.61. The van der Waals surface area contributed by atoms with Crippen LogP contribution in [0.3, 0.4) is 0 Å². The molecule has 0 heterocycles. The third-order valence-corrected chi connectivity index (χ3v) is 5.26. The van der Waals surface area contributed by atoms with Crippen LogP contribution in [0.15, 0.2) is 27.6 Å². The molecule has 0 atom stereocenters. The van der Waals surface area contributed by atoms with E-state index in [1.165, 1.54) is 31.0 Å². The van der Waals surface area contributed by atoms with Gasteiger partial charge in [0.25, 0.3) is 9.05 Å². The van der Waals surface area contributed by atoms with Gasteiger partial charge in [-0.25, -0.2) is 13.2 Å². The molecule has 1 aromatic rings. The SMILES string of the molecule is O=C(OC1CCCCCC1)c1cc(Br)cc(S(=O)(=O)Cl)c1. The molecule has 0 aromatic heterocycles. The number of esters is 1. The molecule has 0 unspecified atom stereocenters. The Morgan fingerprint density at radius 1 is 1.14 bits per heavy atom. The van der Waals surface area contributed by atoms with Gasteiger partial charge in [-0.3, -0.25) is 0 Å². The van der Waals surface area contributed by atoms with Crippen molar-refractivity contribution in [2.24, 2.45) is 0 Å². The lowest BCUT2D eigenvalue weighted by Crippen LogP contribution is -2.17. The minimum Gasteiger partial charge on any atom is -0.459 e. The van der Waals surface area contributed by atoms with Gasteiger partial charge in [0, 0.05) is 15.2 Å². The molecular formula is C14H16BrClO4S. The van der Waals surface area contributed by atoms with Gasteiger partial charge in [-0.15, -0.1) is 0 Å². The largest absolute Gasteiger partial charge is 0.459 e. The minimum atomic E-state index is -3.89. The molecule has 21 heavy (non-hydrogen) atoms. The number of benzene rings is 1. The van der Waals surface area contributed by atoms with Crippen molar-refractivity contribution in [3.63, 3.8) is 0 Å². The molecule has 0 spiro atoms. The third-order valence-electron chi connectivity index (χ3n) is 3.46. The van der Waals surface area contributed by atoms with Crippen LogP contribution in [0, 0.1) is 0 Å². The van der Waals surface area contributed by atoms with Gasteiger partial charge in [0.1, 0.15) is 6.10 Å². The highest BCUT2D eigenvalue weighted by atomic mass is 79.9. The van der Waals surface area contributed by atoms with E-state index in [0.29, 0.717) is 4.47 Å². The summed E-state index contributed by atoms with van der Waals surface area (Å²) in [6.45, 7) is 0. The van der Waals surface area contributed by atoms with Crippen LogP contribution in [0.1, 0.15) is 48.9 Å². The van der Waals surface area contributed by atoms with Crippen molar-refractivity contribution in [2.75, 3.05) is 0 Å². The Morgan fingerprint density at radius 2 is 1.76 bits per heavy atom. The van der Waals surface area contributed by atoms with Crippen molar-refractivity contribution >= 4 is 41.6 Å². The molecule has 2 rings (SSSR count). The topological polar surface area (TPSA) is 60.4 Å². The Kier molecular flexibility index (Phi) is 5.68. The lowest BCUT2D eigenvalue weighted by atomic mass is 10.1. The standard InChI is InChI=1S/C14H16BrClO4S/c15-11-7-10(8-13(9-11)21(16,18)19)14(17)20-12-5-3-1-2-4-6-12/h7-9,12H,1-6H2. The molecule has 116 valence electrons. The second-order valence-electron chi connectivity index (χ2n) is 5.13. The van der Waals surface area contributed by atoms with E-state index < -0.39 is 15.0 Å². The molecule has 0 bridgehead atoms. The van der Waals surface area contributed by atoms with Gasteiger partial charge in [0.15, 0.2) is 0 Å². The maximum Gasteiger partial charge on any atom is 0.338 e. The molecule has 1 aliphatic carbocycles. The summed E-state index contributed by atoms with van der Waals surface area (Å²) in [5.74, 6) is -0.509. The van der Waals surface area contributed by atoms with Crippen LogP contribution < -0.4 is 0 Å². The van der Waals surface area contributed by atoms with Gasteiger partial charge < -0.3 is 4.74 Å². The number of hydrogen-bond donors (Lipinski definition) is 0. The summed E-state index contributed by atoms with van der Waals surface area (Å²) in [7, 11) is 1.43. The number of rotatable bonds is 3. The molecule has 7 heteroatoms. The monoisotopic (exact) mass is 394 g/mol. The number of halogens is 2. The van der Waals surface area contributed by atoms with Crippen molar-refractivity contribution in [2.45, 2.75) is 49.5 Å². The van der Waals surface area contributed by atoms with E-state index in [1.807, 2.05) is 0 Å². The molecule has 1 aliphatic rings. The highest BCUT2D eigenvalue weighted by Gasteiger charge is 2.20. The Balaban J connectivity index is 2.17. The van der Waals surface area contributed by atoms with E-state index in [1.54, 1.807) is 0 Å². The summed E-state index contributed by atoms with van der Waals surface area (Å²) in [5.41, 5.74) is 0.188. The Labute approximate surface area is 137 Å². The molecule has 0 amide bonds. The van der Waals surface area contributed by atoms with Crippen LogP contribution in [0.25, 0.3) is 0 Å². The molecule has 0 radical (unpaired) electrons. The van der Waals surface area contributed by atoms with Crippen LogP contribution >= 0.6 is 26.6 Å². The number of carbonyl (C=O) groups is 1. The fourth-order valence-electron chi connectivity index (χ4n) is 2.40. The Bertz CT molecular complexity index is 622. The molecule has 4 nitrogen and oxygen atoms in total. The summed E-state index contributed by atoms with van der Waals surface area (Å²) < 4.78 is 28.7. The summed E-state index contributed by atoms with van der Waals surface area (Å²) in [4.78, 5) is 12.1. The number of ether oxygens (including phenoxy) is 1. The predicted molar refractivity (Wildman–Crippen MR) is 84.1 cm³/mol. The lowest BCUT2D eigenvalue weighted by Gasteiger charge is -2.15. The zero-order valence-corrected chi connectivity index (χ0v) is 14.5. The predicted octanol–water partition coefficient (Wildman–Crippen LogP) is 4.26. The van der Waals surface area contributed by atoms with Crippen LogP contribution in [0.2, 0.25) is 0 Å². The third kappa shape index (κ3) is 4.97. The van der Waals surface area contributed by atoms with E-state index in [-0.39, 0.29) is 16.6 Å². The summed E-state index contributed by atoms with van der Waals surface area (Å²) in [6, 6.07) is 4.13. The first-order chi connectivity index (χ1) is 9.86. The second kappa shape index (κ2) is 7.11. The summed E-state index contributed by atoms with van der Waals surface area (Å²) in [5, 5.41) is 0. The zero-order chi connectivity index (χ0) is 15.5. The Morgan fingerprint density at radius 3 is 2.33 bits per heavy atom. The van der Waals surface area contributed by atoms with E-state index in [0.717, 1.165) is 25.7 Å². The molecule has 0 N–H and O–H groups in total. The van der Waals surface area contributed by atoms with Gasteiger partial charge in [0.2, 0.25) is 0 Å². The minimum absolute atomic E-state index is 0.0879. The van der Waals surface area contributed by atoms with Crippen LogP contribution in [0.5, 0.6) is 0 Å². The molecule has 0 saturated heterocycles. The van der Waals surface area contributed by atoms with Gasteiger partial charge in [-0.05, 0) is 43.9 Å². The molecule has 1 aromatic carbocycles. The average Bonchev–Trinajstić information content (AvgIpc) is 2.65. The van der Waals surface area contributed by atoms with Gasteiger partial charge in [-0.2, -0.15) is 0 Å². The van der Waals surface area contributed by atoms with Gasteiger partial charge in [0.05, 0.1) is 10.5 Å². The fraction of sp³-hybridized carbons (Fsp3) is 0.500. The molecular weight excluding hydrogens is 380 g/mol. The molecule has 1 saturated carbocycles. The number of hydrogen-bond acceptors (Lipinski definition) is 4. The fourth-order valence-corrected chi connectivity index (χ4v) is 3.85. The van der Waals surface area contributed by atoms with E-state index >= 15 is 0 Å². The molecule has 1 fully saturated rings. The number of carbonyl (C=O) groups excluding carboxylic acids is 1. The highest BCUT2D eigenvalue weighted by molar-refractivity contribution is 9.10. The Hall–Kier alpha value is -0.590. The summed E-state index contributed by atoms with van der Waals surface area (Å²) >= 11 is 3.18. The summed E-state index contributed by atoms with van der Waals surface area (Å²) in [6.07, 6.45) is 6.07. The van der Waals surface area contributed by atoms with Crippen molar-refractivity contribution in [1.82, 2.24) is 0 Å². The highest BCUT2D eigenvalue weighted by Crippen LogP contribution is 2.25. The zero-order valence-electron chi connectivity index (χ0n) is 11.3. The quantitative estimate of drug-likeness (QED) is 0.436. The average molecular weight is 396 g/mol. The lowest BCUT2D eigenvalue weighted by molar-refractivity contribution is 0.0267. The maximum atomic E-state index is 12.2. The first-order valence-corrected chi connectivity index (χ1v) is 9.93. The van der Waals surface area contributed by atoms with Crippen molar-refractivity contribution in [3.8, 4) is 0 Å². The first-order valence-electron chi connectivity index (χ1n) is 6.82. The van der Waals surface area contributed by atoms with Gasteiger partial charge in [-0.1, -0.05) is 28.8 Å². The van der Waals surface area contributed by atoms with E-state index in [9.17, 15) is 13.2 Å².